The van der Waals surface area contributed by atoms with E-state index in [1.165, 1.54) is 24.5 Å². The summed E-state index contributed by atoms with van der Waals surface area (Å²) in [4.78, 5) is 1.96. The summed E-state index contributed by atoms with van der Waals surface area (Å²) >= 11 is 3.27. The Kier molecular flexibility index (Phi) is 6.55. The van der Waals surface area contributed by atoms with Gasteiger partial charge >= 0.3 is 0 Å². The van der Waals surface area contributed by atoms with Gasteiger partial charge in [0.1, 0.15) is 11.5 Å². The maximum Gasteiger partial charge on any atom is 0.156 e. The van der Waals surface area contributed by atoms with E-state index in [0.29, 0.717) is 10.9 Å². The highest BCUT2D eigenvalue weighted by atomic mass is 32.1. The number of hydrogen-bond acceptors (Lipinski definition) is 3. The normalized spacial score (nSPS) is 10.7. The lowest BCUT2D eigenvalue weighted by Crippen LogP contribution is -1.96. The molecule has 0 aliphatic heterocycles. The second-order valence-electron chi connectivity index (χ2n) is 8.27. The summed E-state index contributed by atoms with van der Waals surface area (Å²) < 4.78 is 30.3. The van der Waals surface area contributed by atoms with E-state index in [9.17, 15) is 8.78 Å². The Hall–Kier alpha value is -3.64. The van der Waals surface area contributed by atoms with Crippen molar-refractivity contribution >= 4 is 48.5 Å². The average Bonchev–Trinajstić information content (AvgIpc) is 3.42. The van der Waals surface area contributed by atoms with Gasteiger partial charge in [-0.15, -0.1) is 22.7 Å². The molecule has 172 valence electrons. The van der Waals surface area contributed by atoms with E-state index in [0.717, 1.165) is 31.1 Å². The Bertz CT molecular complexity index is 1640. The Labute approximate surface area is 211 Å². The highest BCUT2D eigenvalue weighted by Gasteiger charge is 2.11. The number of thiophene rings is 2. The van der Waals surface area contributed by atoms with Crippen LogP contribution in [-0.4, -0.2) is 0 Å². The Morgan fingerprint density at radius 2 is 1.40 bits per heavy atom. The monoisotopic (exact) mass is 497 g/mol. The van der Waals surface area contributed by atoms with Gasteiger partial charge in [-0.05, 0) is 66.3 Å². The molecule has 0 saturated carbocycles. The quantitative estimate of drug-likeness (QED) is 0.198. The van der Waals surface area contributed by atoms with Gasteiger partial charge in [-0.3, -0.25) is 0 Å². The van der Waals surface area contributed by atoms with Crippen molar-refractivity contribution in [2.45, 2.75) is 26.2 Å². The Morgan fingerprint density at radius 3 is 2.06 bits per heavy atom. The minimum atomic E-state index is -0.763. The first-order chi connectivity index (χ1) is 17.0. The summed E-state index contributed by atoms with van der Waals surface area (Å²) in [5.74, 6) is 11.3. The van der Waals surface area contributed by atoms with Crippen molar-refractivity contribution in [3.63, 3.8) is 0 Å². The number of unbranched alkanes of at least 4 members (excludes halogenated alkanes) is 1. The summed E-state index contributed by atoms with van der Waals surface area (Å²) in [6.45, 7) is 2.20. The van der Waals surface area contributed by atoms with E-state index in [1.54, 1.807) is 40.9 Å². The van der Waals surface area contributed by atoms with Crippen LogP contribution >= 0.6 is 22.7 Å². The van der Waals surface area contributed by atoms with Gasteiger partial charge in [0.05, 0.1) is 9.75 Å². The zero-order valence-corrected chi connectivity index (χ0v) is 20.7. The van der Waals surface area contributed by atoms with Crippen LogP contribution in [0.25, 0.3) is 20.2 Å². The molecule has 5 aromatic rings. The first-order valence-electron chi connectivity index (χ1n) is 11.3. The molecule has 5 heteroatoms. The molecule has 1 nitrogen and oxygen atoms in total. The van der Waals surface area contributed by atoms with Gasteiger partial charge in [0, 0.05) is 25.9 Å². The molecule has 0 aliphatic carbocycles. The van der Waals surface area contributed by atoms with Crippen molar-refractivity contribution in [1.82, 2.24) is 0 Å². The molecule has 5 rings (SSSR count). The topological polar surface area (TPSA) is 26.0 Å². The molecular formula is C30H21F2NS2. The minimum absolute atomic E-state index is 0.284. The van der Waals surface area contributed by atoms with Crippen LogP contribution < -0.4 is 5.73 Å². The molecule has 0 saturated heterocycles. The van der Waals surface area contributed by atoms with Gasteiger partial charge in [0.25, 0.3) is 0 Å². The maximum atomic E-state index is 14.2. The number of hydrogen-bond donors (Lipinski definition) is 1. The first kappa shape index (κ1) is 23.1. The van der Waals surface area contributed by atoms with Crippen molar-refractivity contribution in [3.8, 4) is 23.7 Å². The van der Waals surface area contributed by atoms with E-state index >= 15 is 0 Å². The molecule has 2 aromatic heterocycles. The second kappa shape index (κ2) is 9.92. The highest BCUT2D eigenvalue weighted by molar-refractivity contribution is 7.28. The molecule has 0 atom stereocenters. The first-order valence-corrected chi connectivity index (χ1v) is 13.0. The molecule has 35 heavy (non-hydrogen) atoms. The molecule has 2 heterocycles. The molecule has 3 aromatic carbocycles. The lowest BCUT2D eigenvalue weighted by atomic mass is 10.1. The fraction of sp³-hybridized carbons (Fsp3) is 0.133. The number of anilines is 1. The van der Waals surface area contributed by atoms with Crippen LogP contribution in [0.3, 0.4) is 0 Å². The zero-order valence-electron chi connectivity index (χ0n) is 19.0. The number of halogens is 2. The SMILES string of the molecule is CCCCc1ccc(C#Cc2cc3sc(C#Cc4ccc5c(F)c(N)c(F)cc5c4)cc3s2)cc1. The van der Waals surface area contributed by atoms with Crippen molar-refractivity contribution in [2.24, 2.45) is 0 Å². The van der Waals surface area contributed by atoms with Crippen molar-refractivity contribution in [2.75, 3.05) is 5.73 Å². The van der Waals surface area contributed by atoms with E-state index in [-0.39, 0.29) is 5.39 Å². The standard InChI is InChI=1S/C30H21F2NS2/c1-2-3-4-19-5-7-20(8-6-19)9-12-23-17-27-28(34-23)18-24(35-27)13-10-21-11-14-25-22(15-21)16-26(31)30(33)29(25)32/h5-8,11,14-18H,2-4,33H2,1H3. The van der Waals surface area contributed by atoms with Gasteiger partial charge in [-0.25, -0.2) is 8.78 Å². The van der Waals surface area contributed by atoms with Crippen LogP contribution in [0.4, 0.5) is 14.5 Å². The van der Waals surface area contributed by atoms with E-state index in [1.807, 2.05) is 0 Å². The third-order valence-electron chi connectivity index (χ3n) is 5.70. The van der Waals surface area contributed by atoms with Crippen LogP contribution in [0.2, 0.25) is 0 Å². The lowest BCUT2D eigenvalue weighted by Gasteiger charge is -2.04. The van der Waals surface area contributed by atoms with Gasteiger partial charge in [-0.2, -0.15) is 0 Å². The summed E-state index contributed by atoms with van der Waals surface area (Å²) in [6.07, 6.45) is 3.52. The number of nitrogen functional groups attached to an aromatic ring is 1. The van der Waals surface area contributed by atoms with Crippen LogP contribution in [0, 0.1) is 35.3 Å². The van der Waals surface area contributed by atoms with Crippen molar-refractivity contribution < 1.29 is 8.78 Å². The molecule has 2 N–H and O–H groups in total. The maximum absolute atomic E-state index is 14.2. The van der Waals surface area contributed by atoms with Gasteiger partial charge in [0.2, 0.25) is 0 Å². The number of rotatable bonds is 3. The Balaban J connectivity index is 1.33. The van der Waals surface area contributed by atoms with Gasteiger partial charge in [0.15, 0.2) is 5.82 Å². The predicted octanol–water partition coefficient (Wildman–Crippen LogP) is 8.12. The molecule has 0 unspecified atom stereocenters. The molecule has 0 amide bonds. The second-order valence-corrected chi connectivity index (χ2v) is 10.4. The summed E-state index contributed by atoms with van der Waals surface area (Å²) in [7, 11) is 0. The van der Waals surface area contributed by atoms with E-state index in [4.69, 9.17) is 5.73 Å². The van der Waals surface area contributed by atoms with E-state index < -0.39 is 17.3 Å². The predicted molar refractivity (Wildman–Crippen MR) is 145 cm³/mol. The fourth-order valence-corrected chi connectivity index (χ4v) is 5.89. The smallest absolute Gasteiger partial charge is 0.156 e. The number of aryl methyl sites for hydroxylation is 1. The summed E-state index contributed by atoms with van der Waals surface area (Å²) in [5.41, 5.74) is 8.05. The number of nitrogens with two attached hydrogens (primary N) is 1. The fourth-order valence-electron chi connectivity index (χ4n) is 3.79. The van der Waals surface area contributed by atoms with Gasteiger partial charge in [-0.1, -0.05) is 55.2 Å². The van der Waals surface area contributed by atoms with Crippen LogP contribution in [0.1, 0.15) is 46.2 Å². The minimum Gasteiger partial charge on any atom is -0.394 e. The molecule has 0 aliphatic rings. The van der Waals surface area contributed by atoms with Crippen LogP contribution in [-0.2, 0) is 6.42 Å². The summed E-state index contributed by atoms with van der Waals surface area (Å²) in [5, 5.41) is 0.721. The largest absolute Gasteiger partial charge is 0.394 e. The number of benzene rings is 3. The highest BCUT2D eigenvalue weighted by Crippen LogP contribution is 2.33. The third-order valence-corrected chi connectivity index (χ3v) is 7.83. The molecule has 0 fully saturated rings. The molecule has 0 spiro atoms. The zero-order chi connectivity index (χ0) is 24.4. The molecule has 0 radical (unpaired) electrons. The molecular weight excluding hydrogens is 476 g/mol. The number of fused-ring (bicyclic) bond motifs is 2. The van der Waals surface area contributed by atoms with Gasteiger partial charge < -0.3 is 5.73 Å². The third kappa shape index (κ3) is 5.08. The van der Waals surface area contributed by atoms with Crippen molar-refractivity contribution in [3.05, 3.63) is 98.7 Å². The van der Waals surface area contributed by atoms with Crippen LogP contribution in [0.5, 0.6) is 0 Å². The lowest BCUT2D eigenvalue weighted by molar-refractivity contribution is 0.600. The van der Waals surface area contributed by atoms with Crippen LogP contribution in [0.15, 0.2) is 60.7 Å². The Morgan fingerprint density at radius 1 is 0.771 bits per heavy atom. The van der Waals surface area contributed by atoms with E-state index in [2.05, 4.69) is 67.0 Å². The summed E-state index contributed by atoms with van der Waals surface area (Å²) in [6, 6.07) is 18.9. The average molecular weight is 498 g/mol. The molecule has 0 bridgehead atoms. The van der Waals surface area contributed by atoms with Crippen molar-refractivity contribution in [1.29, 1.82) is 0 Å².